The van der Waals surface area contributed by atoms with Crippen molar-refractivity contribution in [3.63, 3.8) is 0 Å². The Morgan fingerprint density at radius 1 is 1.33 bits per heavy atom. The molecule has 0 atom stereocenters. The van der Waals surface area contributed by atoms with Crippen LogP contribution < -0.4 is 15.8 Å². The van der Waals surface area contributed by atoms with E-state index in [4.69, 9.17) is 10.5 Å². The van der Waals surface area contributed by atoms with Crippen molar-refractivity contribution in [1.82, 2.24) is 0 Å². The zero-order valence-corrected chi connectivity index (χ0v) is 11.8. The number of methoxy groups -OCH3 is 1. The lowest BCUT2D eigenvalue weighted by Crippen LogP contribution is -2.37. The Labute approximate surface area is 109 Å². The van der Waals surface area contributed by atoms with Gasteiger partial charge in [-0.3, -0.25) is 4.79 Å². The topological polar surface area (TPSA) is 64.3 Å². The van der Waals surface area contributed by atoms with Crippen molar-refractivity contribution in [2.24, 2.45) is 11.1 Å². The Balaban J connectivity index is 2.97. The first-order valence-corrected chi connectivity index (χ1v) is 5.98. The van der Waals surface area contributed by atoms with Gasteiger partial charge in [-0.1, -0.05) is 0 Å². The molecule has 0 aromatic heterocycles. The summed E-state index contributed by atoms with van der Waals surface area (Å²) in [6.45, 7) is 7.87. The Hall–Kier alpha value is -1.55. The van der Waals surface area contributed by atoms with Crippen molar-refractivity contribution >= 4 is 11.6 Å². The van der Waals surface area contributed by atoms with E-state index in [0.717, 1.165) is 22.6 Å². The van der Waals surface area contributed by atoms with Crippen molar-refractivity contribution in [3.8, 4) is 5.75 Å². The number of nitrogens with two attached hydrogens (primary N) is 1. The van der Waals surface area contributed by atoms with Crippen LogP contribution in [0.3, 0.4) is 0 Å². The molecule has 0 radical (unpaired) electrons. The molecule has 18 heavy (non-hydrogen) atoms. The van der Waals surface area contributed by atoms with Gasteiger partial charge in [-0.25, -0.2) is 0 Å². The fourth-order valence-electron chi connectivity index (χ4n) is 1.74. The Kier molecular flexibility index (Phi) is 4.35. The highest BCUT2D eigenvalue weighted by Gasteiger charge is 2.25. The summed E-state index contributed by atoms with van der Waals surface area (Å²) in [5.74, 6) is 0.778. The molecule has 0 unspecified atom stereocenters. The minimum absolute atomic E-state index is 0.0750. The van der Waals surface area contributed by atoms with Gasteiger partial charge in [0.25, 0.3) is 0 Å². The van der Waals surface area contributed by atoms with Crippen LogP contribution in [0.15, 0.2) is 12.1 Å². The maximum atomic E-state index is 12.0. The van der Waals surface area contributed by atoms with E-state index in [9.17, 15) is 4.79 Å². The highest BCUT2D eigenvalue weighted by Crippen LogP contribution is 2.27. The van der Waals surface area contributed by atoms with Crippen LogP contribution in [0, 0.1) is 19.3 Å². The van der Waals surface area contributed by atoms with Crippen LogP contribution in [0.4, 0.5) is 5.69 Å². The van der Waals surface area contributed by atoms with Gasteiger partial charge in [-0.15, -0.1) is 0 Å². The predicted octanol–water partition coefficient (Wildman–Crippen LogP) is 2.24. The number of nitrogens with one attached hydrogen (secondary N) is 1. The number of ether oxygens (including phenoxy) is 1. The van der Waals surface area contributed by atoms with Gasteiger partial charge >= 0.3 is 0 Å². The lowest BCUT2D eigenvalue weighted by atomic mass is 9.92. The molecule has 100 valence electrons. The molecular formula is C14H22N2O2. The van der Waals surface area contributed by atoms with Gasteiger partial charge < -0.3 is 15.8 Å². The summed E-state index contributed by atoms with van der Waals surface area (Å²) in [5.41, 5.74) is 7.79. The minimum Gasteiger partial charge on any atom is -0.496 e. The molecule has 0 aliphatic rings. The average molecular weight is 250 g/mol. The highest BCUT2D eigenvalue weighted by atomic mass is 16.5. The number of benzene rings is 1. The van der Waals surface area contributed by atoms with Crippen LogP contribution in [0.2, 0.25) is 0 Å². The van der Waals surface area contributed by atoms with Crippen molar-refractivity contribution in [2.45, 2.75) is 27.7 Å². The summed E-state index contributed by atoms with van der Waals surface area (Å²) in [5, 5.41) is 2.89. The monoisotopic (exact) mass is 250 g/mol. The van der Waals surface area contributed by atoms with Crippen LogP contribution in [0.25, 0.3) is 0 Å². The number of carbonyl (C=O) groups excluding carboxylic acids is 1. The number of hydrogen-bond acceptors (Lipinski definition) is 3. The van der Waals surface area contributed by atoms with Gasteiger partial charge in [0.1, 0.15) is 5.75 Å². The number of amides is 1. The first-order valence-electron chi connectivity index (χ1n) is 5.98. The van der Waals surface area contributed by atoms with Gasteiger partial charge in [-0.2, -0.15) is 0 Å². The van der Waals surface area contributed by atoms with E-state index >= 15 is 0 Å². The van der Waals surface area contributed by atoms with Crippen LogP contribution >= 0.6 is 0 Å². The third-order valence-electron chi connectivity index (χ3n) is 3.05. The number of aryl methyl sites for hydroxylation is 2. The standard InChI is InChI=1S/C14H22N2O2/c1-9-6-11(7-10(2)12(9)18-5)16-13(17)14(3,4)8-15/h6-7H,8,15H2,1-5H3,(H,16,17). The highest BCUT2D eigenvalue weighted by molar-refractivity contribution is 5.95. The maximum absolute atomic E-state index is 12.0. The summed E-state index contributed by atoms with van der Waals surface area (Å²) in [7, 11) is 1.64. The van der Waals surface area contributed by atoms with Crippen LogP contribution in [0.5, 0.6) is 5.75 Å². The molecule has 1 aromatic rings. The molecule has 0 spiro atoms. The van der Waals surface area contributed by atoms with E-state index < -0.39 is 5.41 Å². The first kappa shape index (κ1) is 14.5. The molecule has 0 heterocycles. The van der Waals surface area contributed by atoms with Crippen LogP contribution in [0.1, 0.15) is 25.0 Å². The van der Waals surface area contributed by atoms with Gasteiger partial charge in [0.05, 0.1) is 12.5 Å². The summed E-state index contributed by atoms with van der Waals surface area (Å²) < 4.78 is 5.29. The summed E-state index contributed by atoms with van der Waals surface area (Å²) in [6, 6.07) is 3.80. The second-order valence-corrected chi connectivity index (χ2v) is 5.19. The number of rotatable bonds is 4. The van der Waals surface area contributed by atoms with Crippen molar-refractivity contribution in [2.75, 3.05) is 19.0 Å². The second kappa shape index (κ2) is 5.40. The SMILES string of the molecule is COc1c(C)cc(NC(=O)C(C)(C)CN)cc1C. The van der Waals surface area contributed by atoms with Gasteiger partial charge in [-0.05, 0) is 51.0 Å². The molecule has 0 aliphatic heterocycles. The van der Waals surface area contributed by atoms with E-state index in [1.165, 1.54) is 0 Å². The average Bonchev–Trinajstić information content (AvgIpc) is 2.28. The van der Waals surface area contributed by atoms with Crippen LogP contribution in [-0.4, -0.2) is 19.6 Å². The maximum Gasteiger partial charge on any atom is 0.231 e. The van der Waals surface area contributed by atoms with Gasteiger partial charge in [0.15, 0.2) is 0 Å². The molecule has 4 heteroatoms. The molecule has 4 nitrogen and oxygen atoms in total. The summed E-state index contributed by atoms with van der Waals surface area (Å²) in [4.78, 5) is 12.0. The lowest BCUT2D eigenvalue weighted by Gasteiger charge is -2.22. The predicted molar refractivity (Wildman–Crippen MR) is 73.9 cm³/mol. The Morgan fingerprint density at radius 2 is 1.83 bits per heavy atom. The van der Waals surface area contributed by atoms with Crippen molar-refractivity contribution in [3.05, 3.63) is 23.3 Å². The van der Waals surface area contributed by atoms with E-state index in [1.807, 2.05) is 39.8 Å². The fourth-order valence-corrected chi connectivity index (χ4v) is 1.74. The molecule has 0 saturated heterocycles. The molecule has 0 aliphatic carbocycles. The fraction of sp³-hybridized carbons (Fsp3) is 0.500. The number of anilines is 1. The van der Waals surface area contributed by atoms with E-state index in [2.05, 4.69) is 5.32 Å². The van der Waals surface area contributed by atoms with Crippen molar-refractivity contribution in [1.29, 1.82) is 0 Å². The Bertz CT molecular complexity index is 430. The molecular weight excluding hydrogens is 228 g/mol. The molecule has 0 saturated carbocycles. The van der Waals surface area contributed by atoms with Gasteiger partial charge in [0, 0.05) is 12.2 Å². The lowest BCUT2D eigenvalue weighted by molar-refractivity contribution is -0.123. The Morgan fingerprint density at radius 3 is 2.22 bits per heavy atom. The molecule has 0 fully saturated rings. The van der Waals surface area contributed by atoms with E-state index in [1.54, 1.807) is 7.11 Å². The van der Waals surface area contributed by atoms with Crippen molar-refractivity contribution < 1.29 is 9.53 Å². The number of hydrogen-bond donors (Lipinski definition) is 2. The molecule has 1 amide bonds. The minimum atomic E-state index is -0.568. The normalized spacial score (nSPS) is 11.2. The zero-order valence-electron chi connectivity index (χ0n) is 11.8. The molecule has 0 bridgehead atoms. The molecule has 3 N–H and O–H groups in total. The zero-order chi connectivity index (χ0) is 13.9. The largest absolute Gasteiger partial charge is 0.496 e. The summed E-state index contributed by atoms with van der Waals surface area (Å²) in [6.07, 6.45) is 0. The van der Waals surface area contributed by atoms with E-state index in [-0.39, 0.29) is 5.91 Å². The number of carbonyl (C=O) groups is 1. The van der Waals surface area contributed by atoms with Crippen LogP contribution in [-0.2, 0) is 4.79 Å². The quantitative estimate of drug-likeness (QED) is 0.861. The smallest absolute Gasteiger partial charge is 0.231 e. The third-order valence-corrected chi connectivity index (χ3v) is 3.05. The summed E-state index contributed by atoms with van der Waals surface area (Å²) >= 11 is 0. The second-order valence-electron chi connectivity index (χ2n) is 5.19. The first-order chi connectivity index (χ1) is 8.31. The molecule has 1 rings (SSSR count). The third kappa shape index (κ3) is 3.01. The van der Waals surface area contributed by atoms with E-state index in [0.29, 0.717) is 6.54 Å². The molecule has 1 aromatic carbocycles. The van der Waals surface area contributed by atoms with Gasteiger partial charge in [0.2, 0.25) is 5.91 Å².